The van der Waals surface area contributed by atoms with Gasteiger partial charge in [0.1, 0.15) is 0 Å². The lowest BCUT2D eigenvalue weighted by Gasteiger charge is -2.00. The highest BCUT2D eigenvalue weighted by Crippen LogP contribution is 2.25. The summed E-state index contributed by atoms with van der Waals surface area (Å²) >= 11 is 3.48. The number of nitrogens with two attached hydrogens (primary N) is 1. The van der Waals surface area contributed by atoms with Crippen LogP contribution in [0.3, 0.4) is 0 Å². The van der Waals surface area contributed by atoms with Gasteiger partial charge in [-0.3, -0.25) is 0 Å². The third-order valence-electron chi connectivity index (χ3n) is 2.18. The van der Waals surface area contributed by atoms with Crippen LogP contribution < -0.4 is 5.73 Å². The van der Waals surface area contributed by atoms with E-state index in [1.165, 1.54) is 5.56 Å². The molecule has 0 fully saturated rings. The molecule has 1 heterocycles. The van der Waals surface area contributed by atoms with Gasteiger partial charge in [-0.25, -0.2) is 4.98 Å². The molecular formula is C11H11BrN2O. The van der Waals surface area contributed by atoms with E-state index in [1.54, 1.807) is 6.20 Å². The van der Waals surface area contributed by atoms with Gasteiger partial charge >= 0.3 is 0 Å². The van der Waals surface area contributed by atoms with E-state index in [4.69, 9.17) is 10.2 Å². The van der Waals surface area contributed by atoms with E-state index >= 15 is 0 Å². The maximum absolute atomic E-state index is 5.46. The van der Waals surface area contributed by atoms with Gasteiger partial charge in [0.15, 0.2) is 5.76 Å². The molecule has 0 aliphatic rings. The monoisotopic (exact) mass is 266 g/mol. The Labute approximate surface area is 96.4 Å². The molecule has 0 bridgehead atoms. The number of hydrogen-bond acceptors (Lipinski definition) is 3. The SMILES string of the molecule is Cc1ccc(-c2cnc(CN)o2)cc1Br. The first kappa shape index (κ1) is 10.4. The number of rotatable bonds is 2. The summed E-state index contributed by atoms with van der Waals surface area (Å²) in [5.41, 5.74) is 7.62. The van der Waals surface area contributed by atoms with Crippen LogP contribution in [0.25, 0.3) is 11.3 Å². The summed E-state index contributed by atoms with van der Waals surface area (Å²) < 4.78 is 6.52. The van der Waals surface area contributed by atoms with Gasteiger partial charge in [0.25, 0.3) is 0 Å². The Kier molecular flexibility index (Phi) is 2.88. The van der Waals surface area contributed by atoms with Gasteiger partial charge in [-0.15, -0.1) is 0 Å². The molecular weight excluding hydrogens is 256 g/mol. The third kappa shape index (κ3) is 2.11. The third-order valence-corrected chi connectivity index (χ3v) is 3.04. The van der Waals surface area contributed by atoms with E-state index in [1.807, 2.05) is 25.1 Å². The zero-order valence-electron chi connectivity index (χ0n) is 8.33. The average molecular weight is 267 g/mol. The number of oxazole rings is 1. The minimum absolute atomic E-state index is 0.326. The molecule has 2 rings (SSSR count). The highest BCUT2D eigenvalue weighted by Gasteiger charge is 2.06. The average Bonchev–Trinajstić information content (AvgIpc) is 2.70. The Morgan fingerprint density at radius 2 is 2.27 bits per heavy atom. The van der Waals surface area contributed by atoms with E-state index < -0.39 is 0 Å². The van der Waals surface area contributed by atoms with Crippen LogP contribution in [0.5, 0.6) is 0 Å². The summed E-state index contributed by atoms with van der Waals surface area (Å²) in [5.74, 6) is 1.30. The molecule has 15 heavy (non-hydrogen) atoms. The Morgan fingerprint density at radius 1 is 1.47 bits per heavy atom. The van der Waals surface area contributed by atoms with Gasteiger partial charge in [-0.1, -0.05) is 28.1 Å². The number of nitrogens with zero attached hydrogens (tertiary/aromatic N) is 1. The summed E-state index contributed by atoms with van der Waals surface area (Å²) in [4.78, 5) is 4.06. The number of aromatic nitrogens is 1. The molecule has 0 unspecified atom stereocenters. The second-order valence-corrected chi connectivity index (χ2v) is 4.14. The van der Waals surface area contributed by atoms with Crippen molar-refractivity contribution in [3.63, 3.8) is 0 Å². The van der Waals surface area contributed by atoms with Crippen LogP contribution in [-0.4, -0.2) is 4.98 Å². The standard InChI is InChI=1S/C11H11BrN2O/c1-7-2-3-8(4-9(7)12)10-6-14-11(5-13)15-10/h2-4,6H,5,13H2,1H3. The van der Waals surface area contributed by atoms with Crippen molar-refractivity contribution in [2.24, 2.45) is 5.73 Å². The van der Waals surface area contributed by atoms with Gasteiger partial charge in [0.05, 0.1) is 12.7 Å². The second-order valence-electron chi connectivity index (χ2n) is 3.29. The van der Waals surface area contributed by atoms with Gasteiger partial charge in [-0.05, 0) is 18.6 Å². The lowest BCUT2D eigenvalue weighted by Crippen LogP contribution is -1.94. The number of halogens is 1. The maximum Gasteiger partial charge on any atom is 0.208 e. The molecule has 0 radical (unpaired) electrons. The van der Waals surface area contributed by atoms with Gasteiger partial charge < -0.3 is 10.2 Å². The zero-order chi connectivity index (χ0) is 10.8. The van der Waals surface area contributed by atoms with Gasteiger partial charge in [0.2, 0.25) is 5.89 Å². The van der Waals surface area contributed by atoms with E-state index in [-0.39, 0.29) is 0 Å². The summed E-state index contributed by atoms with van der Waals surface area (Å²) in [5, 5.41) is 0. The largest absolute Gasteiger partial charge is 0.439 e. The quantitative estimate of drug-likeness (QED) is 0.910. The molecule has 0 aliphatic carbocycles. The topological polar surface area (TPSA) is 52.0 Å². The Hall–Kier alpha value is -1.13. The molecule has 2 aromatic rings. The molecule has 0 amide bonds. The minimum atomic E-state index is 0.326. The lowest BCUT2D eigenvalue weighted by molar-refractivity contribution is 0.509. The van der Waals surface area contributed by atoms with Crippen LogP contribution >= 0.6 is 15.9 Å². The molecule has 2 N–H and O–H groups in total. The van der Waals surface area contributed by atoms with Crippen LogP contribution in [0.4, 0.5) is 0 Å². The fourth-order valence-electron chi connectivity index (χ4n) is 1.28. The summed E-state index contributed by atoms with van der Waals surface area (Å²) in [6.07, 6.45) is 1.69. The molecule has 0 atom stereocenters. The summed E-state index contributed by atoms with van der Waals surface area (Å²) in [6.45, 7) is 2.37. The van der Waals surface area contributed by atoms with E-state index in [0.717, 1.165) is 15.8 Å². The van der Waals surface area contributed by atoms with Crippen molar-refractivity contribution in [3.05, 3.63) is 40.3 Å². The molecule has 1 aromatic carbocycles. The van der Waals surface area contributed by atoms with Gasteiger partial charge in [-0.2, -0.15) is 0 Å². The first-order valence-corrected chi connectivity index (χ1v) is 5.41. The number of aryl methyl sites for hydroxylation is 1. The maximum atomic E-state index is 5.46. The summed E-state index contributed by atoms with van der Waals surface area (Å²) in [6, 6.07) is 6.04. The van der Waals surface area contributed by atoms with Crippen LogP contribution in [0.15, 0.2) is 33.3 Å². The Bertz CT molecular complexity index is 479. The highest BCUT2D eigenvalue weighted by molar-refractivity contribution is 9.10. The Balaban J connectivity index is 2.40. The van der Waals surface area contributed by atoms with Crippen molar-refractivity contribution >= 4 is 15.9 Å². The fraction of sp³-hybridized carbons (Fsp3) is 0.182. The van der Waals surface area contributed by atoms with E-state index in [9.17, 15) is 0 Å². The molecule has 0 spiro atoms. The second kappa shape index (κ2) is 4.16. The minimum Gasteiger partial charge on any atom is -0.439 e. The predicted octanol–water partition coefficient (Wildman–Crippen LogP) is 2.87. The van der Waals surface area contributed by atoms with Crippen molar-refractivity contribution < 1.29 is 4.42 Å². The van der Waals surface area contributed by atoms with Crippen LogP contribution in [-0.2, 0) is 6.54 Å². The predicted molar refractivity (Wildman–Crippen MR) is 62.3 cm³/mol. The molecule has 0 saturated heterocycles. The van der Waals surface area contributed by atoms with Crippen molar-refractivity contribution in [3.8, 4) is 11.3 Å². The van der Waals surface area contributed by atoms with Crippen molar-refractivity contribution in [1.82, 2.24) is 4.98 Å². The first-order valence-electron chi connectivity index (χ1n) is 4.62. The van der Waals surface area contributed by atoms with Gasteiger partial charge in [0, 0.05) is 10.0 Å². The molecule has 0 aliphatic heterocycles. The fourth-order valence-corrected chi connectivity index (χ4v) is 1.66. The lowest BCUT2D eigenvalue weighted by atomic mass is 10.1. The van der Waals surface area contributed by atoms with Crippen LogP contribution in [0, 0.1) is 6.92 Å². The molecule has 4 heteroatoms. The Morgan fingerprint density at radius 3 is 2.87 bits per heavy atom. The van der Waals surface area contributed by atoms with Crippen LogP contribution in [0.1, 0.15) is 11.5 Å². The molecule has 1 aromatic heterocycles. The van der Waals surface area contributed by atoms with Crippen LogP contribution in [0.2, 0.25) is 0 Å². The van der Waals surface area contributed by atoms with E-state index in [2.05, 4.69) is 20.9 Å². The smallest absolute Gasteiger partial charge is 0.208 e. The van der Waals surface area contributed by atoms with Crippen molar-refractivity contribution in [1.29, 1.82) is 0 Å². The molecule has 3 nitrogen and oxygen atoms in total. The first-order chi connectivity index (χ1) is 7.20. The number of benzene rings is 1. The molecule has 0 saturated carbocycles. The molecule has 78 valence electrons. The zero-order valence-corrected chi connectivity index (χ0v) is 9.91. The van der Waals surface area contributed by atoms with Crippen molar-refractivity contribution in [2.75, 3.05) is 0 Å². The normalized spacial score (nSPS) is 10.6. The van der Waals surface area contributed by atoms with E-state index in [0.29, 0.717) is 12.4 Å². The summed E-state index contributed by atoms with van der Waals surface area (Å²) in [7, 11) is 0. The van der Waals surface area contributed by atoms with Crippen molar-refractivity contribution in [2.45, 2.75) is 13.5 Å². The highest BCUT2D eigenvalue weighted by atomic mass is 79.9. The number of hydrogen-bond donors (Lipinski definition) is 1.